The van der Waals surface area contributed by atoms with E-state index in [9.17, 15) is 4.79 Å². The third-order valence-electron chi connectivity index (χ3n) is 3.65. The Hall–Kier alpha value is -1.36. The number of rotatable bonds is 3. The van der Waals surface area contributed by atoms with Gasteiger partial charge in [-0.15, -0.1) is 0 Å². The highest BCUT2D eigenvalue weighted by atomic mass is 16.5. The smallest absolute Gasteiger partial charge is 0.273 e. The molecule has 1 unspecified atom stereocenters. The minimum absolute atomic E-state index is 0.0995. The summed E-state index contributed by atoms with van der Waals surface area (Å²) in [5.74, 6) is 1.27. The first kappa shape index (κ1) is 11.7. The van der Waals surface area contributed by atoms with Gasteiger partial charge >= 0.3 is 0 Å². The number of nitrogens with zero attached hydrogens (tertiary/aromatic N) is 1. The lowest BCUT2D eigenvalue weighted by atomic mass is 10.1. The zero-order valence-electron chi connectivity index (χ0n) is 10.4. The maximum Gasteiger partial charge on any atom is 0.273 e. The molecule has 18 heavy (non-hydrogen) atoms. The van der Waals surface area contributed by atoms with Crippen LogP contribution in [0.5, 0.6) is 0 Å². The van der Waals surface area contributed by atoms with Crippen LogP contribution in [0.3, 0.4) is 0 Å². The molecule has 1 aliphatic heterocycles. The number of hydrogen-bond donors (Lipinski definition) is 2. The van der Waals surface area contributed by atoms with E-state index in [0.29, 0.717) is 11.6 Å². The van der Waals surface area contributed by atoms with Gasteiger partial charge in [-0.05, 0) is 45.2 Å². The van der Waals surface area contributed by atoms with E-state index >= 15 is 0 Å². The van der Waals surface area contributed by atoms with Gasteiger partial charge in [-0.3, -0.25) is 4.79 Å². The highest BCUT2D eigenvalue weighted by Crippen LogP contribution is 2.40. The maximum absolute atomic E-state index is 12.0. The standard InChI is InChI=1S/C13H19N3O2/c17-13(15-10-2-1-6-14-7-5-10)11-8-12(18-16-11)9-3-4-9/h8-10,14H,1-7H2,(H,15,17). The van der Waals surface area contributed by atoms with Crippen molar-refractivity contribution in [2.24, 2.45) is 0 Å². The molecule has 1 aliphatic carbocycles. The highest BCUT2D eigenvalue weighted by molar-refractivity contribution is 5.92. The molecule has 2 fully saturated rings. The Morgan fingerprint density at radius 3 is 3.06 bits per heavy atom. The van der Waals surface area contributed by atoms with Crippen LogP contribution in [0.15, 0.2) is 10.6 Å². The molecule has 1 aromatic heterocycles. The van der Waals surface area contributed by atoms with E-state index < -0.39 is 0 Å². The first-order chi connectivity index (χ1) is 8.83. The molecule has 1 aromatic rings. The van der Waals surface area contributed by atoms with Crippen LogP contribution in [-0.2, 0) is 0 Å². The molecule has 1 atom stereocenters. The molecular formula is C13H19N3O2. The second-order valence-corrected chi connectivity index (χ2v) is 5.24. The van der Waals surface area contributed by atoms with Gasteiger partial charge in [-0.2, -0.15) is 0 Å². The van der Waals surface area contributed by atoms with Crippen molar-refractivity contribution in [3.63, 3.8) is 0 Å². The van der Waals surface area contributed by atoms with Crippen molar-refractivity contribution in [1.29, 1.82) is 0 Å². The van der Waals surface area contributed by atoms with Crippen LogP contribution >= 0.6 is 0 Å². The largest absolute Gasteiger partial charge is 0.360 e. The first-order valence-electron chi connectivity index (χ1n) is 6.81. The maximum atomic E-state index is 12.0. The van der Waals surface area contributed by atoms with Gasteiger partial charge in [-0.25, -0.2) is 0 Å². The summed E-state index contributed by atoms with van der Waals surface area (Å²) in [7, 11) is 0. The van der Waals surface area contributed by atoms with Crippen molar-refractivity contribution >= 4 is 5.91 Å². The summed E-state index contributed by atoms with van der Waals surface area (Å²) < 4.78 is 5.20. The molecule has 1 amide bonds. The molecule has 2 aliphatic rings. The Balaban J connectivity index is 1.58. The summed E-state index contributed by atoms with van der Waals surface area (Å²) in [6, 6.07) is 2.05. The Morgan fingerprint density at radius 2 is 2.22 bits per heavy atom. The summed E-state index contributed by atoms with van der Waals surface area (Å²) in [6.45, 7) is 2.01. The predicted molar refractivity (Wildman–Crippen MR) is 66.5 cm³/mol. The molecule has 2 N–H and O–H groups in total. The number of aromatic nitrogens is 1. The minimum atomic E-state index is -0.0995. The summed E-state index contributed by atoms with van der Waals surface area (Å²) >= 11 is 0. The molecule has 1 saturated heterocycles. The van der Waals surface area contributed by atoms with E-state index in [1.54, 1.807) is 6.07 Å². The number of hydrogen-bond acceptors (Lipinski definition) is 4. The topological polar surface area (TPSA) is 67.2 Å². The molecule has 3 rings (SSSR count). The Bertz CT molecular complexity index is 418. The van der Waals surface area contributed by atoms with Gasteiger partial charge in [0, 0.05) is 18.0 Å². The van der Waals surface area contributed by atoms with Crippen LogP contribution in [0.1, 0.15) is 54.3 Å². The van der Waals surface area contributed by atoms with E-state index in [1.807, 2.05) is 0 Å². The number of amides is 1. The predicted octanol–water partition coefficient (Wildman–Crippen LogP) is 1.42. The average molecular weight is 249 g/mol. The SMILES string of the molecule is O=C(NC1CCCNCC1)c1cc(C2CC2)on1. The zero-order valence-corrected chi connectivity index (χ0v) is 10.4. The third kappa shape index (κ3) is 2.72. The highest BCUT2D eigenvalue weighted by Gasteiger charge is 2.29. The van der Waals surface area contributed by atoms with Gasteiger partial charge in [0.15, 0.2) is 5.69 Å². The number of carbonyl (C=O) groups is 1. The number of nitrogens with one attached hydrogen (secondary N) is 2. The second kappa shape index (κ2) is 5.10. The quantitative estimate of drug-likeness (QED) is 0.850. The van der Waals surface area contributed by atoms with Gasteiger partial charge < -0.3 is 15.2 Å². The van der Waals surface area contributed by atoms with Crippen LogP contribution in [0.2, 0.25) is 0 Å². The van der Waals surface area contributed by atoms with Crippen LogP contribution in [-0.4, -0.2) is 30.2 Å². The fraction of sp³-hybridized carbons (Fsp3) is 0.692. The van der Waals surface area contributed by atoms with Crippen LogP contribution in [0.25, 0.3) is 0 Å². The van der Waals surface area contributed by atoms with E-state index in [4.69, 9.17) is 4.52 Å². The average Bonchev–Trinajstić information content (AvgIpc) is 3.15. The summed E-state index contributed by atoms with van der Waals surface area (Å²) in [4.78, 5) is 12.0. The lowest BCUT2D eigenvalue weighted by Gasteiger charge is -2.14. The molecule has 0 radical (unpaired) electrons. The van der Waals surface area contributed by atoms with Crippen molar-refractivity contribution in [2.75, 3.05) is 13.1 Å². The van der Waals surface area contributed by atoms with Crippen molar-refractivity contribution in [3.8, 4) is 0 Å². The lowest BCUT2D eigenvalue weighted by Crippen LogP contribution is -2.35. The Labute approximate surface area is 106 Å². The second-order valence-electron chi connectivity index (χ2n) is 5.24. The fourth-order valence-electron chi connectivity index (χ4n) is 2.38. The van der Waals surface area contributed by atoms with Crippen molar-refractivity contribution in [2.45, 2.75) is 44.1 Å². The van der Waals surface area contributed by atoms with Gasteiger partial charge in [0.05, 0.1) is 0 Å². The Kier molecular flexibility index (Phi) is 3.32. The molecular weight excluding hydrogens is 230 g/mol. The number of carbonyl (C=O) groups excluding carboxylic acids is 1. The summed E-state index contributed by atoms with van der Waals surface area (Å²) in [5, 5.41) is 10.2. The van der Waals surface area contributed by atoms with Gasteiger partial charge in [0.1, 0.15) is 5.76 Å². The minimum Gasteiger partial charge on any atom is -0.360 e. The molecule has 2 heterocycles. The Morgan fingerprint density at radius 1 is 1.33 bits per heavy atom. The van der Waals surface area contributed by atoms with Crippen LogP contribution in [0, 0.1) is 0 Å². The van der Waals surface area contributed by atoms with E-state index in [2.05, 4.69) is 15.8 Å². The molecule has 0 aromatic carbocycles. The van der Waals surface area contributed by atoms with E-state index in [1.165, 1.54) is 0 Å². The molecule has 5 heteroatoms. The van der Waals surface area contributed by atoms with Gasteiger partial charge in [0.2, 0.25) is 0 Å². The van der Waals surface area contributed by atoms with Crippen molar-refractivity contribution in [1.82, 2.24) is 15.8 Å². The van der Waals surface area contributed by atoms with Crippen molar-refractivity contribution < 1.29 is 9.32 Å². The van der Waals surface area contributed by atoms with Crippen LogP contribution in [0.4, 0.5) is 0 Å². The van der Waals surface area contributed by atoms with Gasteiger partial charge in [-0.1, -0.05) is 5.16 Å². The molecule has 98 valence electrons. The molecule has 0 spiro atoms. The van der Waals surface area contributed by atoms with Crippen molar-refractivity contribution in [3.05, 3.63) is 17.5 Å². The van der Waals surface area contributed by atoms with E-state index in [-0.39, 0.29) is 11.9 Å². The molecule has 1 saturated carbocycles. The molecule has 5 nitrogen and oxygen atoms in total. The van der Waals surface area contributed by atoms with Crippen LogP contribution < -0.4 is 10.6 Å². The summed E-state index contributed by atoms with van der Waals surface area (Å²) in [5.41, 5.74) is 0.425. The fourth-order valence-corrected chi connectivity index (χ4v) is 2.38. The monoisotopic (exact) mass is 249 g/mol. The summed E-state index contributed by atoms with van der Waals surface area (Å²) in [6.07, 6.45) is 5.44. The lowest BCUT2D eigenvalue weighted by molar-refractivity contribution is 0.0925. The third-order valence-corrected chi connectivity index (χ3v) is 3.65. The zero-order chi connectivity index (χ0) is 12.4. The normalized spacial score (nSPS) is 24.6. The first-order valence-corrected chi connectivity index (χ1v) is 6.81. The van der Waals surface area contributed by atoms with Gasteiger partial charge in [0.25, 0.3) is 5.91 Å². The molecule has 0 bridgehead atoms. The van der Waals surface area contributed by atoms with E-state index in [0.717, 1.165) is 51.0 Å².